The molecule has 0 aromatic carbocycles. The third-order valence-electron chi connectivity index (χ3n) is 3.66. The van der Waals surface area contributed by atoms with Crippen molar-refractivity contribution in [2.75, 3.05) is 13.1 Å². The third-order valence-corrected chi connectivity index (χ3v) is 4.68. The van der Waals surface area contributed by atoms with Crippen LogP contribution in [0.1, 0.15) is 50.3 Å². The standard InChI is InChI=1S/C18H32N4OS/c1-6-13(3)21-17(23)10-11-20-18(19-7-2)22-14(4)12-16-9-8-15(5)24-16/h8-9,13-14H,6-7,10-12H2,1-5H3,(H,21,23)(H2,19,20,22). The molecule has 0 radical (unpaired) electrons. The lowest BCUT2D eigenvalue weighted by Gasteiger charge is -2.17. The number of aryl methyl sites for hydroxylation is 1. The van der Waals surface area contributed by atoms with Gasteiger partial charge in [-0.05, 0) is 46.2 Å². The quantitative estimate of drug-likeness (QED) is 0.473. The Morgan fingerprint density at radius 2 is 1.96 bits per heavy atom. The van der Waals surface area contributed by atoms with E-state index >= 15 is 0 Å². The number of thiophene rings is 1. The van der Waals surface area contributed by atoms with Gasteiger partial charge in [0.2, 0.25) is 5.91 Å². The first-order valence-corrected chi connectivity index (χ1v) is 9.65. The van der Waals surface area contributed by atoms with Crippen LogP contribution in [0.25, 0.3) is 0 Å². The summed E-state index contributed by atoms with van der Waals surface area (Å²) in [6.07, 6.45) is 2.33. The minimum atomic E-state index is 0.0612. The summed E-state index contributed by atoms with van der Waals surface area (Å²) in [5.74, 6) is 0.834. The molecule has 3 N–H and O–H groups in total. The summed E-state index contributed by atoms with van der Waals surface area (Å²) in [6, 6.07) is 4.85. The van der Waals surface area contributed by atoms with Crippen molar-refractivity contribution in [2.45, 2.75) is 66.0 Å². The molecule has 2 atom stereocenters. The van der Waals surface area contributed by atoms with Gasteiger partial charge in [0, 0.05) is 41.2 Å². The van der Waals surface area contributed by atoms with Gasteiger partial charge in [-0.1, -0.05) is 6.92 Å². The Kier molecular flexibility index (Phi) is 9.45. The predicted octanol–water partition coefficient (Wildman–Crippen LogP) is 2.85. The van der Waals surface area contributed by atoms with Crippen LogP contribution in [-0.2, 0) is 11.2 Å². The van der Waals surface area contributed by atoms with Crippen LogP contribution < -0.4 is 16.0 Å². The second kappa shape index (κ2) is 11.1. The first-order valence-electron chi connectivity index (χ1n) is 8.84. The Hall–Kier alpha value is -1.56. The molecule has 2 unspecified atom stereocenters. The fraction of sp³-hybridized carbons (Fsp3) is 0.667. The molecule has 0 fully saturated rings. The molecule has 0 aliphatic heterocycles. The fourth-order valence-corrected chi connectivity index (χ4v) is 3.24. The van der Waals surface area contributed by atoms with Gasteiger partial charge in [0.25, 0.3) is 0 Å². The molecule has 0 spiro atoms. The molecule has 136 valence electrons. The maximum Gasteiger partial charge on any atom is 0.222 e. The Bertz CT molecular complexity index is 527. The summed E-state index contributed by atoms with van der Waals surface area (Å²) in [4.78, 5) is 19.0. The van der Waals surface area contributed by atoms with E-state index in [1.165, 1.54) is 9.75 Å². The number of carbonyl (C=O) groups excluding carboxylic acids is 1. The van der Waals surface area contributed by atoms with Gasteiger partial charge in [0.1, 0.15) is 0 Å². The zero-order valence-corrected chi connectivity index (χ0v) is 16.4. The summed E-state index contributed by atoms with van der Waals surface area (Å²) < 4.78 is 0. The van der Waals surface area contributed by atoms with E-state index in [9.17, 15) is 4.79 Å². The van der Waals surface area contributed by atoms with Gasteiger partial charge in [-0.2, -0.15) is 0 Å². The summed E-state index contributed by atoms with van der Waals surface area (Å²) in [7, 11) is 0. The van der Waals surface area contributed by atoms with E-state index in [2.05, 4.69) is 53.8 Å². The number of hydrogen-bond donors (Lipinski definition) is 3. The van der Waals surface area contributed by atoms with E-state index < -0.39 is 0 Å². The summed E-state index contributed by atoms with van der Waals surface area (Å²) in [5, 5.41) is 9.62. The van der Waals surface area contributed by atoms with Gasteiger partial charge in [0.05, 0.1) is 6.54 Å². The summed E-state index contributed by atoms with van der Waals surface area (Å²) >= 11 is 1.83. The maximum absolute atomic E-state index is 11.8. The molecular weight excluding hydrogens is 320 g/mol. The molecule has 0 bridgehead atoms. The van der Waals surface area contributed by atoms with E-state index in [1.54, 1.807) is 0 Å². The molecule has 1 aromatic heterocycles. The van der Waals surface area contributed by atoms with E-state index in [1.807, 2.05) is 25.2 Å². The number of carbonyl (C=O) groups is 1. The zero-order chi connectivity index (χ0) is 17.9. The minimum Gasteiger partial charge on any atom is -0.357 e. The number of nitrogens with one attached hydrogen (secondary N) is 3. The van der Waals surface area contributed by atoms with Crippen LogP contribution in [0.3, 0.4) is 0 Å². The van der Waals surface area contributed by atoms with Crippen LogP contribution >= 0.6 is 11.3 Å². The second-order valence-electron chi connectivity index (χ2n) is 6.15. The van der Waals surface area contributed by atoms with Crippen LogP contribution in [-0.4, -0.2) is 37.0 Å². The number of hydrogen-bond acceptors (Lipinski definition) is 3. The molecule has 1 aromatic rings. The summed E-state index contributed by atoms with van der Waals surface area (Å²) in [5.41, 5.74) is 0. The first kappa shape index (κ1) is 20.5. The average molecular weight is 353 g/mol. The Balaban J connectivity index is 2.45. The van der Waals surface area contributed by atoms with Gasteiger partial charge >= 0.3 is 0 Å². The first-order chi connectivity index (χ1) is 11.4. The lowest BCUT2D eigenvalue weighted by molar-refractivity contribution is -0.121. The van der Waals surface area contributed by atoms with Crippen molar-refractivity contribution in [3.05, 3.63) is 21.9 Å². The van der Waals surface area contributed by atoms with Crippen molar-refractivity contribution in [2.24, 2.45) is 4.99 Å². The normalized spacial score (nSPS) is 14.1. The molecule has 0 aliphatic rings. The summed E-state index contributed by atoms with van der Waals surface area (Å²) in [6.45, 7) is 11.7. The zero-order valence-electron chi connectivity index (χ0n) is 15.6. The molecule has 1 heterocycles. The minimum absolute atomic E-state index is 0.0612. The van der Waals surface area contributed by atoms with Crippen LogP contribution in [0.5, 0.6) is 0 Å². The van der Waals surface area contributed by atoms with Crippen LogP contribution in [0.4, 0.5) is 0 Å². The smallest absolute Gasteiger partial charge is 0.222 e. The van der Waals surface area contributed by atoms with E-state index in [0.717, 1.165) is 25.3 Å². The second-order valence-corrected chi connectivity index (χ2v) is 7.52. The highest BCUT2D eigenvalue weighted by molar-refractivity contribution is 7.11. The van der Waals surface area contributed by atoms with Crippen molar-refractivity contribution in [3.8, 4) is 0 Å². The van der Waals surface area contributed by atoms with Gasteiger partial charge in [0.15, 0.2) is 5.96 Å². The maximum atomic E-state index is 11.8. The number of aliphatic imine (C=N–C) groups is 1. The predicted molar refractivity (Wildman–Crippen MR) is 104 cm³/mol. The fourth-order valence-electron chi connectivity index (χ4n) is 2.22. The highest BCUT2D eigenvalue weighted by Crippen LogP contribution is 2.16. The topological polar surface area (TPSA) is 65.5 Å². The van der Waals surface area contributed by atoms with E-state index in [4.69, 9.17) is 0 Å². The van der Waals surface area contributed by atoms with Crippen molar-refractivity contribution in [3.63, 3.8) is 0 Å². The van der Waals surface area contributed by atoms with Crippen molar-refractivity contribution < 1.29 is 4.79 Å². The lowest BCUT2D eigenvalue weighted by Crippen LogP contribution is -2.43. The number of rotatable bonds is 9. The molecule has 6 heteroatoms. The molecule has 24 heavy (non-hydrogen) atoms. The number of amides is 1. The molecule has 5 nitrogen and oxygen atoms in total. The molecule has 0 saturated heterocycles. The van der Waals surface area contributed by atoms with Crippen LogP contribution in [0.15, 0.2) is 17.1 Å². The number of nitrogens with zero attached hydrogens (tertiary/aromatic N) is 1. The SMILES string of the molecule is CCNC(=NCCC(=O)NC(C)CC)NC(C)Cc1ccc(C)s1. The van der Waals surface area contributed by atoms with Crippen LogP contribution in [0, 0.1) is 6.92 Å². The molecule has 0 saturated carbocycles. The van der Waals surface area contributed by atoms with Gasteiger partial charge in [-0.15, -0.1) is 11.3 Å². The Morgan fingerprint density at radius 3 is 2.54 bits per heavy atom. The number of guanidine groups is 1. The van der Waals surface area contributed by atoms with Gasteiger partial charge in [-0.25, -0.2) is 0 Å². The lowest BCUT2D eigenvalue weighted by atomic mass is 10.2. The van der Waals surface area contributed by atoms with Crippen molar-refractivity contribution in [1.29, 1.82) is 0 Å². The monoisotopic (exact) mass is 352 g/mol. The Morgan fingerprint density at radius 1 is 1.21 bits per heavy atom. The van der Waals surface area contributed by atoms with Crippen molar-refractivity contribution in [1.82, 2.24) is 16.0 Å². The Labute approximate surface area is 150 Å². The molecule has 1 rings (SSSR count). The van der Waals surface area contributed by atoms with E-state index in [-0.39, 0.29) is 18.0 Å². The highest BCUT2D eigenvalue weighted by Gasteiger charge is 2.09. The van der Waals surface area contributed by atoms with E-state index in [0.29, 0.717) is 13.0 Å². The molecule has 1 amide bonds. The van der Waals surface area contributed by atoms with Crippen molar-refractivity contribution >= 4 is 23.2 Å². The van der Waals surface area contributed by atoms with Gasteiger partial charge in [-0.3, -0.25) is 9.79 Å². The van der Waals surface area contributed by atoms with Crippen LogP contribution in [0.2, 0.25) is 0 Å². The molecule has 0 aliphatic carbocycles. The highest BCUT2D eigenvalue weighted by atomic mass is 32.1. The largest absolute Gasteiger partial charge is 0.357 e. The average Bonchev–Trinajstić information content (AvgIpc) is 2.92. The molecular formula is C18H32N4OS. The third kappa shape index (κ3) is 8.34. The van der Waals surface area contributed by atoms with Gasteiger partial charge < -0.3 is 16.0 Å².